The maximum absolute atomic E-state index is 4.73. The van der Waals surface area contributed by atoms with Crippen molar-refractivity contribution in [2.24, 2.45) is 0 Å². The monoisotopic (exact) mass is 359 g/mol. The summed E-state index contributed by atoms with van der Waals surface area (Å²) in [6.45, 7) is 7.44. The largest absolute Gasteiger partial charge is 0.295 e. The van der Waals surface area contributed by atoms with Crippen LogP contribution in [0.25, 0.3) is 11.4 Å². The molecule has 5 nitrogen and oxygen atoms in total. The van der Waals surface area contributed by atoms with Crippen LogP contribution in [0.4, 0.5) is 0 Å². The Morgan fingerprint density at radius 1 is 0.926 bits per heavy atom. The van der Waals surface area contributed by atoms with E-state index in [9.17, 15) is 0 Å². The van der Waals surface area contributed by atoms with E-state index in [1.807, 2.05) is 30.6 Å². The number of hydrogen-bond donors (Lipinski definition) is 0. The number of hydrogen-bond acceptors (Lipinski definition) is 5. The molecule has 1 aromatic carbocycles. The summed E-state index contributed by atoms with van der Waals surface area (Å²) in [5.74, 6) is 0.747. The van der Waals surface area contributed by atoms with Crippen LogP contribution in [0.3, 0.4) is 0 Å². The zero-order valence-corrected chi connectivity index (χ0v) is 15.7. The minimum atomic E-state index is 0.463. The van der Waals surface area contributed by atoms with Crippen LogP contribution < -0.4 is 0 Å². The first kappa shape index (κ1) is 17.8. The van der Waals surface area contributed by atoms with Gasteiger partial charge in [0.15, 0.2) is 5.82 Å². The van der Waals surface area contributed by atoms with Crippen molar-refractivity contribution >= 4 is 0 Å². The van der Waals surface area contributed by atoms with Gasteiger partial charge < -0.3 is 0 Å². The lowest BCUT2D eigenvalue weighted by atomic mass is 10.1. The van der Waals surface area contributed by atoms with E-state index >= 15 is 0 Å². The lowest BCUT2D eigenvalue weighted by Crippen LogP contribution is -2.46. The van der Waals surface area contributed by atoms with Crippen LogP contribution in [0.1, 0.15) is 24.2 Å². The van der Waals surface area contributed by atoms with Crippen LogP contribution in [0.15, 0.2) is 67.1 Å². The van der Waals surface area contributed by atoms with Gasteiger partial charge in [0, 0.05) is 62.9 Å². The fraction of sp³-hybridized carbons (Fsp3) is 0.318. The third kappa shape index (κ3) is 4.38. The number of pyridine rings is 1. The predicted molar refractivity (Wildman–Crippen MR) is 107 cm³/mol. The maximum Gasteiger partial charge on any atom is 0.160 e. The van der Waals surface area contributed by atoms with Gasteiger partial charge in [-0.15, -0.1) is 0 Å². The highest BCUT2D eigenvalue weighted by molar-refractivity contribution is 5.52. The smallest absolute Gasteiger partial charge is 0.160 e. The number of piperazine rings is 1. The topological polar surface area (TPSA) is 45.2 Å². The van der Waals surface area contributed by atoms with Crippen LogP contribution in [0, 0.1) is 0 Å². The predicted octanol–water partition coefficient (Wildman–Crippen LogP) is 3.42. The number of aromatic nitrogens is 3. The first-order valence-electron chi connectivity index (χ1n) is 9.53. The summed E-state index contributed by atoms with van der Waals surface area (Å²) in [6.07, 6.45) is 5.42. The summed E-state index contributed by atoms with van der Waals surface area (Å²) in [4.78, 5) is 18.3. The Hall–Kier alpha value is -2.63. The van der Waals surface area contributed by atoms with E-state index in [-0.39, 0.29) is 0 Å². The van der Waals surface area contributed by atoms with Crippen LogP contribution in [0.5, 0.6) is 0 Å². The molecule has 1 aliphatic rings. The van der Waals surface area contributed by atoms with E-state index in [1.54, 1.807) is 6.20 Å². The maximum atomic E-state index is 4.73. The van der Waals surface area contributed by atoms with E-state index < -0.39 is 0 Å². The molecule has 1 atom stereocenters. The first-order valence-corrected chi connectivity index (χ1v) is 9.53. The second-order valence-electron chi connectivity index (χ2n) is 7.01. The van der Waals surface area contributed by atoms with E-state index in [1.165, 1.54) is 5.56 Å². The molecule has 27 heavy (non-hydrogen) atoms. The molecule has 0 radical (unpaired) electrons. The van der Waals surface area contributed by atoms with Crippen molar-refractivity contribution in [3.05, 3.63) is 78.4 Å². The van der Waals surface area contributed by atoms with Crippen molar-refractivity contribution in [3.63, 3.8) is 0 Å². The van der Waals surface area contributed by atoms with Crippen molar-refractivity contribution < 1.29 is 0 Å². The molecule has 3 aromatic rings. The number of benzene rings is 1. The van der Waals surface area contributed by atoms with E-state index in [2.05, 4.69) is 57.0 Å². The summed E-state index contributed by atoms with van der Waals surface area (Å²) in [7, 11) is 0. The zero-order valence-electron chi connectivity index (χ0n) is 15.7. The molecule has 0 saturated carbocycles. The van der Waals surface area contributed by atoms with Crippen molar-refractivity contribution in [2.75, 3.05) is 26.2 Å². The molecule has 0 amide bonds. The number of nitrogens with zero attached hydrogens (tertiary/aromatic N) is 5. The standard InChI is InChI=1S/C22H25N5/c1-18(19-6-3-2-4-7-19)27-14-12-26(13-15-27)17-21-9-11-24-22(25-21)20-8-5-10-23-16-20/h2-11,16,18H,12-15,17H2,1H3. The molecule has 0 N–H and O–H groups in total. The minimum absolute atomic E-state index is 0.463. The van der Waals surface area contributed by atoms with Crippen LogP contribution in [-0.4, -0.2) is 50.9 Å². The van der Waals surface area contributed by atoms with Gasteiger partial charge in [0.1, 0.15) is 0 Å². The van der Waals surface area contributed by atoms with Crippen LogP contribution >= 0.6 is 0 Å². The summed E-state index contributed by atoms with van der Waals surface area (Å²) < 4.78 is 0. The van der Waals surface area contributed by atoms with E-state index in [0.29, 0.717) is 6.04 Å². The molecule has 5 heteroatoms. The summed E-state index contributed by atoms with van der Waals surface area (Å²) >= 11 is 0. The summed E-state index contributed by atoms with van der Waals surface area (Å²) in [5, 5.41) is 0. The molecule has 0 spiro atoms. The molecule has 138 valence electrons. The van der Waals surface area contributed by atoms with Gasteiger partial charge in [-0.25, -0.2) is 9.97 Å². The van der Waals surface area contributed by atoms with Gasteiger partial charge in [-0.3, -0.25) is 14.8 Å². The molecule has 2 aromatic heterocycles. The van der Waals surface area contributed by atoms with Crippen LogP contribution in [-0.2, 0) is 6.54 Å². The molecule has 1 unspecified atom stereocenters. The van der Waals surface area contributed by atoms with Crippen molar-refractivity contribution in [1.29, 1.82) is 0 Å². The molecule has 1 saturated heterocycles. The Bertz CT molecular complexity index is 845. The fourth-order valence-corrected chi connectivity index (χ4v) is 3.60. The molecule has 0 aliphatic carbocycles. The van der Waals surface area contributed by atoms with Gasteiger partial charge in [0.25, 0.3) is 0 Å². The molecule has 4 rings (SSSR count). The third-order valence-corrected chi connectivity index (χ3v) is 5.26. The van der Waals surface area contributed by atoms with Gasteiger partial charge in [-0.1, -0.05) is 30.3 Å². The summed E-state index contributed by atoms with van der Waals surface area (Å²) in [5.41, 5.74) is 3.41. The Morgan fingerprint density at radius 3 is 2.48 bits per heavy atom. The van der Waals surface area contributed by atoms with Gasteiger partial charge in [-0.2, -0.15) is 0 Å². The minimum Gasteiger partial charge on any atom is -0.295 e. The zero-order chi connectivity index (χ0) is 18.5. The average molecular weight is 359 g/mol. The van der Waals surface area contributed by atoms with Gasteiger partial charge in [-0.05, 0) is 30.7 Å². The Balaban J connectivity index is 1.36. The van der Waals surface area contributed by atoms with Gasteiger partial charge in [0.05, 0.1) is 5.69 Å². The van der Waals surface area contributed by atoms with Crippen LogP contribution in [0.2, 0.25) is 0 Å². The lowest BCUT2D eigenvalue weighted by Gasteiger charge is -2.38. The SMILES string of the molecule is CC(c1ccccc1)N1CCN(Cc2ccnc(-c3cccnc3)n2)CC1. The Kier molecular flexibility index (Phi) is 5.51. The highest BCUT2D eigenvalue weighted by Crippen LogP contribution is 2.22. The molecule has 3 heterocycles. The van der Waals surface area contributed by atoms with Crippen molar-refractivity contribution in [3.8, 4) is 11.4 Å². The van der Waals surface area contributed by atoms with Gasteiger partial charge >= 0.3 is 0 Å². The second-order valence-corrected chi connectivity index (χ2v) is 7.01. The van der Waals surface area contributed by atoms with Crippen molar-refractivity contribution in [2.45, 2.75) is 19.5 Å². The second kappa shape index (κ2) is 8.37. The van der Waals surface area contributed by atoms with Crippen molar-refractivity contribution in [1.82, 2.24) is 24.8 Å². The third-order valence-electron chi connectivity index (χ3n) is 5.26. The highest BCUT2D eigenvalue weighted by Gasteiger charge is 2.22. The molecule has 0 bridgehead atoms. The molecule has 1 aliphatic heterocycles. The molecule has 1 fully saturated rings. The number of rotatable bonds is 5. The fourth-order valence-electron chi connectivity index (χ4n) is 3.60. The Morgan fingerprint density at radius 2 is 1.74 bits per heavy atom. The van der Waals surface area contributed by atoms with Gasteiger partial charge in [0.2, 0.25) is 0 Å². The van der Waals surface area contributed by atoms with E-state index in [4.69, 9.17) is 4.98 Å². The molecular formula is C22H25N5. The quantitative estimate of drug-likeness (QED) is 0.698. The Labute approximate surface area is 160 Å². The first-order chi connectivity index (χ1) is 13.3. The van der Waals surface area contributed by atoms with E-state index in [0.717, 1.165) is 49.8 Å². The average Bonchev–Trinajstić information content (AvgIpc) is 2.75. The molecular weight excluding hydrogens is 334 g/mol. The lowest BCUT2D eigenvalue weighted by molar-refractivity contribution is 0.0971. The summed E-state index contributed by atoms with van der Waals surface area (Å²) in [6, 6.07) is 17.1. The normalized spacial score (nSPS) is 16.9. The highest BCUT2D eigenvalue weighted by atomic mass is 15.3.